The summed E-state index contributed by atoms with van der Waals surface area (Å²) in [6, 6.07) is 2.43. The number of piperazine rings is 1. The van der Waals surface area contributed by atoms with Crippen LogP contribution in [0.1, 0.15) is 26.2 Å². The van der Waals surface area contributed by atoms with E-state index in [1.165, 1.54) is 7.11 Å². The van der Waals surface area contributed by atoms with E-state index in [1.807, 2.05) is 0 Å². The molecule has 1 aliphatic rings. The number of ether oxygens (including phenoxy) is 1. The molecule has 1 fully saturated rings. The molecule has 18 heavy (non-hydrogen) atoms. The van der Waals surface area contributed by atoms with Crippen LogP contribution in [-0.4, -0.2) is 61.6 Å². The molecule has 0 aromatic rings. The zero-order valence-corrected chi connectivity index (χ0v) is 11.4. The molecule has 1 unspecified atom stereocenters. The smallest absolute Gasteiger partial charge is 0.306 e. The highest BCUT2D eigenvalue weighted by atomic mass is 16.5. The van der Waals surface area contributed by atoms with E-state index in [1.54, 1.807) is 0 Å². The molecule has 0 aromatic carbocycles. The summed E-state index contributed by atoms with van der Waals surface area (Å²) in [6.45, 7) is 6.55. The van der Waals surface area contributed by atoms with E-state index in [-0.39, 0.29) is 12.0 Å². The van der Waals surface area contributed by atoms with Gasteiger partial charge in [0.05, 0.1) is 25.6 Å². The Kier molecular flexibility index (Phi) is 6.69. The van der Waals surface area contributed by atoms with Gasteiger partial charge < -0.3 is 9.64 Å². The molecule has 1 saturated heterocycles. The zero-order valence-electron chi connectivity index (χ0n) is 11.4. The maximum Gasteiger partial charge on any atom is 0.306 e. The second-order valence-corrected chi connectivity index (χ2v) is 4.64. The van der Waals surface area contributed by atoms with E-state index >= 15 is 0 Å². The SMILES string of the molecule is CCCC(C#N)N1CCN(CCC(=O)OC)CC1. The quantitative estimate of drug-likeness (QED) is 0.657. The minimum Gasteiger partial charge on any atom is -0.469 e. The second-order valence-electron chi connectivity index (χ2n) is 4.64. The molecular formula is C13H23N3O2. The van der Waals surface area contributed by atoms with Gasteiger partial charge in [-0.2, -0.15) is 5.26 Å². The lowest BCUT2D eigenvalue weighted by atomic mass is 10.1. The van der Waals surface area contributed by atoms with Gasteiger partial charge >= 0.3 is 5.97 Å². The Morgan fingerprint density at radius 1 is 1.39 bits per heavy atom. The average molecular weight is 253 g/mol. The van der Waals surface area contributed by atoms with Crippen molar-refractivity contribution in [1.82, 2.24) is 9.80 Å². The summed E-state index contributed by atoms with van der Waals surface area (Å²) in [5.74, 6) is -0.154. The molecule has 0 N–H and O–H groups in total. The third kappa shape index (κ3) is 4.63. The van der Waals surface area contributed by atoms with Gasteiger partial charge in [-0.05, 0) is 6.42 Å². The third-order valence-electron chi connectivity index (χ3n) is 3.42. The number of methoxy groups -OCH3 is 1. The Morgan fingerprint density at radius 2 is 2.06 bits per heavy atom. The molecule has 0 aromatic heterocycles. The van der Waals surface area contributed by atoms with Crippen LogP contribution >= 0.6 is 0 Å². The van der Waals surface area contributed by atoms with Gasteiger partial charge in [-0.15, -0.1) is 0 Å². The molecule has 102 valence electrons. The molecule has 0 spiro atoms. The lowest BCUT2D eigenvalue weighted by molar-refractivity contribution is -0.141. The highest BCUT2D eigenvalue weighted by Crippen LogP contribution is 2.10. The van der Waals surface area contributed by atoms with Gasteiger partial charge in [0, 0.05) is 32.7 Å². The standard InChI is InChI=1S/C13H23N3O2/c1-3-4-12(11-14)16-9-7-15(8-10-16)6-5-13(17)18-2/h12H,3-10H2,1-2H3. The van der Waals surface area contributed by atoms with Crippen molar-refractivity contribution in [1.29, 1.82) is 5.26 Å². The van der Waals surface area contributed by atoms with Crippen molar-refractivity contribution in [3.05, 3.63) is 0 Å². The fourth-order valence-corrected chi connectivity index (χ4v) is 2.25. The summed E-state index contributed by atoms with van der Waals surface area (Å²) in [6.07, 6.45) is 2.44. The first-order chi connectivity index (χ1) is 8.71. The first-order valence-corrected chi connectivity index (χ1v) is 6.64. The fourth-order valence-electron chi connectivity index (χ4n) is 2.25. The van der Waals surface area contributed by atoms with Crippen LogP contribution in [0.2, 0.25) is 0 Å². The number of hydrogen-bond donors (Lipinski definition) is 0. The summed E-state index contributed by atoms with van der Waals surface area (Å²) in [5.41, 5.74) is 0. The molecule has 5 nitrogen and oxygen atoms in total. The maximum atomic E-state index is 11.1. The van der Waals surface area contributed by atoms with E-state index in [0.29, 0.717) is 6.42 Å². The molecule has 0 amide bonds. The van der Waals surface area contributed by atoms with E-state index in [2.05, 4.69) is 27.5 Å². The number of carbonyl (C=O) groups is 1. The van der Waals surface area contributed by atoms with E-state index < -0.39 is 0 Å². The number of rotatable bonds is 6. The minimum atomic E-state index is -0.154. The number of nitrogens with zero attached hydrogens (tertiary/aromatic N) is 3. The van der Waals surface area contributed by atoms with E-state index in [4.69, 9.17) is 5.26 Å². The number of carbonyl (C=O) groups excluding carboxylic acids is 1. The van der Waals surface area contributed by atoms with E-state index in [0.717, 1.165) is 45.6 Å². The predicted molar refractivity (Wildman–Crippen MR) is 69.0 cm³/mol. The van der Waals surface area contributed by atoms with Crippen LogP contribution in [-0.2, 0) is 9.53 Å². The topological polar surface area (TPSA) is 56.6 Å². The Labute approximate surface area is 109 Å². The summed E-state index contributed by atoms with van der Waals surface area (Å²) in [7, 11) is 1.42. The Morgan fingerprint density at radius 3 is 2.56 bits per heavy atom. The van der Waals surface area contributed by atoms with Crippen molar-refractivity contribution in [3.63, 3.8) is 0 Å². The predicted octanol–water partition coefficient (Wildman–Crippen LogP) is 0.859. The Hall–Kier alpha value is -1.12. The van der Waals surface area contributed by atoms with Crippen LogP contribution in [0.5, 0.6) is 0 Å². The normalized spacial score (nSPS) is 19.2. The van der Waals surface area contributed by atoms with Gasteiger partial charge in [-0.1, -0.05) is 13.3 Å². The molecule has 0 radical (unpaired) electrons. The lowest BCUT2D eigenvalue weighted by Gasteiger charge is -2.36. The van der Waals surface area contributed by atoms with Crippen molar-refractivity contribution < 1.29 is 9.53 Å². The molecule has 1 aliphatic heterocycles. The molecule has 0 aliphatic carbocycles. The van der Waals surface area contributed by atoms with Crippen LogP contribution in [0, 0.1) is 11.3 Å². The van der Waals surface area contributed by atoms with Gasteiger partial charge in [-0.25, -0.2) is 0 Å². The summed E-state index contributed by atoms with van der Waals surface area (Å²) in [4.78, 5) is 15.6. The number of nitriles is 1. The van der Waals surface area contributed by atoms with E-state index in [9.17, 15) is 4.79 Å². The molecular weight excluding hydrogens is 230 g/mol. The van der Waals surface area contributed by atoms with Crippen LogP contribution in [0.3, 0.4) is 0 Å². The number of hydrogen-bond acceptors (Lipinski definition) is 5. The molecule has 0 saturated carbocycles. The van der Waals surface area contributed by atoms with Gasteiger partial charge in [0.25, 0.3) is 0 Å². The lowest BCUT2D eigenvalue weighted by Crippen LogP contribution is -2.50. The monoisotopic (exact) mass is 253 g/mol. The van der Waals surface area contributed by atoms with Crippen molar-refractivity contribution in [2.75, 3.05) is 39.8 Å². The molecule has 5 heteroatoms. The second kappa shape index (κ2) is 8.06. The Bertz CT molecular complexity index is 293. The van der Waals surface area contributed by atoms with Crippen molar-refractivity contribution >= 4 is 5.97 Å². The summed E-state index contributed by atoms with van der Waals surface area (Å²) in [5, 5.41) is 9.12. The highest BCUT2D eigenvalue weighted by Gasteiger charge is 2.23. The summed E-state index contributed by atoms with van der Waals surface area (Å²) < 4.78 is 4.63. The number of esters is 1. The molecule has 0 bridgehead atoms. The van der Waals surface area contributed by atoms with Crippen LogP contribution in [0.15, 0.2) is 0 Å². The first kappa shape index (κ1) is 14.9. The van der Waals surface area contributed by atoms with Crippen LogP contribution < -0.4 is 0 Å². The third-order valence-corrected chi connectivity index (χ3v) is 3.42. The first-order valence-electron chi connectivity index (χ1n) is 6.64. The van der Waals surface area contributed by atoms with Crippen molar-refractivity contribution in [2.24, 2.45) is 0 Å². The van der Waals surface area contributed by atoms with Crippen LogP contribution in [0.25, 0.3) is 0 Å². The molecule has 1 atom stereocenters. The minimum absolute atomic E-state index is 0.0535. The van der Waals surface area contributed by atoms with Gasteiger partial charge in [0.2, 0.25) is 0 Å². The van der Waals surface area contributed by atoms with Gasteiger partial charge in [0.15, 0.2) is 0 Å². The van der Waals surface area contributed by atoms with Crippen molar-refractivity contribution in [2.45, 2.75) is 32.2 Å². The largest absolute Gasteiger partial charge is 0.469 e. The van der Waals surface area contributed by atoms with Gasteiger partial charge in [-0.3, -0.25) is 9.69 Å². The molecule has 1 heterocycles. The van der Waals surface area contributed by atoms with Crippen molar-refractivity contribution in [3.8, 4) is 6.07 Å². The average Bonchev–Trinajstić information content (AvgIpc) is 2.42. The van der Waals surface area contributed by atoms with Gasteiger partial charge in [0.1, 0.15) is 0 Å². The molecule has 1 rings (SSSR count). The summed E-state index contributed by atoms with van der Waals surface area (Å²) >= 11 is 0. The highest BCUT2D eigenvalue weighted by molar-refractivity contribution is 5.69. The Balaban J connectivity index is 2.28. The zero-order chi connectivity index (χ0) is 13.4. The maximum absolute atomic E-state index is 11.1. The fraction of sp³-hybridized carbons (Fsp3) is 0.846. The van der Waals surface area contributed by atoms with Crippen LogP contribution in [0.4, 0.5) is 0 Å².